The molecule has 7 heteroatoms. The van der Waals surface area contributed by atoms with Gasteiger partial charge in [0.25, 0.3) is 5.56 Å². The zero-order chi connectivity index (χ0) is 16.8. The van der Waals surface area contributed by atoms with Gasteiger partial charge in [0.05, 0.1) is 11.8 Å². The maximum Gasteiger partial charge on any atom is 0.273 e. The first-order valence-electron chi connectivity index (χ1n) is 7.25. The van der Waals surface area contributed by atoms with Crippen LogP contribution in [0.25, 0.3) is 0 Å². The Balaban J connectivity index is 1.97. The van der Waals surface area contributed by atoms with E-state index in [2.05, 4.69) is 10.3 Å². The normalized spacial score (nSPS) is 12.0. The summed E-state index contributed by atoms with van der Waals surface area (Å²) in [6, 6.07) is 8.63. The van der Waals surface area contributed by atoms with Crippen molar-refractivity contribution in [3.8, 4) is 0 Å². The molecule has 0 saturated heterocycles. The summed E-state index contributed by atoms with van der Waals surface area (Å²) in [5.41, 5.74) is 0.567. The second kappa shape index (κ2) is 8.17. The zero-order valence-electron chi connectivity index (χ0n) is 13.0. The van der Waals surface area contributed by atoms with E-state index in [1.807, 2.05) is 36.6 Å². The van der Waals surface area contributed by atoms with Crippen molar-refractivity contribution >= 4 is 29.3 Å². The van der Waals surface area contributed by atoms with Gasteiger partial charge in [0.15, 0.2) is 5.16 Å². The highest BCUT2D eigenvalue weighted by atomic mass is 35.5. The van der Waals surface area contributed by atoms with E-state index in [4.69, 9.17) is 11.6 Å². The van der Waals surface area contributed by atoms with Crippen molar-refractivity contribution in [2.24, 2.45) is 0 Å². The fraction of sp³-hybridized carbons (Fsp3) is 0.312. The molecule has 0 aliphatic rings. The smallest absolute Gasteiger partial charge is 0.273 e. The van der Waals surface area contributed by atoms with Gasteiger partial charge in [-0.25, -0.2) is 0 Å². The molecule has 0 aliphatic heterocycles. The minimum absolute atomic E-state index is 0.136. The highest BCUT2D eigenvalue weighted by Gasteiger charge is 2.13. The highest BCUT2D eigenvalue weighted by molar-refractivity contribution is 7.99. The monoisotopic (exact) mass is 351 g/mol. The Morgan fingerprint density at radius 2 is 2.13 bits per heavy atom. The SMILES string of the molecule is CCn1ccc(=O)nc1SCC(=O)NC(C)c1ccccc1Cl. The summed E-state index contributed by atoms with van der Waals surface area (Å²) in [6.45, 7) is 4.52. The van der Waals surface area contributed by atoms with E-state index in [0.717, 1.165) is 5.56 Å². The molecule has 1 heterocycles. The second-order valence-corrected chi connectivity index (χ2v) is 6.28. The third kappa shape index (κ3) is 4.84. The number of aromatic nitrogens is 2. The van der Waals surface area contributed by atoms with Crippen LogP contribution in [0.5, 0.6) is 0 Å². The summed E-state index contributed by atoms with van der Waals surface area (Å²) in [6.07, 6.45) is 1.68. The Morgan fingerprint density at radius 1 is 1.39 bits per heavy atom. The summed E-state index contributed by atoms with van der Waals surface area (Å²) in [7, 11) is 0. The first-order chi connectivity index (χ1) is 11.0. The van der Waals surface area contributed by atoms with E-state index < -0.39 is 0 Å². The van der Waals surface area contributed by atoms with Gasteiger partial charge in [0.1, 0.15) is 0 Å². The zero-order valence-corrected chi connectivity index (χ0v) is 14.5. The van der Waals surface area contributed by atoms with Crippen LogP contribution < -0.4 is 10.9 Å². The number of carbonyl (C=O) groups is 1. The van der Waals surface area contributed by atoms with Gasteiger partial charge in [-0.05, 0) is 25.5 Å². The van der Waals surface area contributed by atoms with Gasteiger partial charge in [0, 0.05) is 23.8 Å². The second-order valence-electron chi connectivity index (χ2n) is 4.93. The van der Waals surface area contributed by atoms with E-state index in [1.165, 1.54) is 17.8 Å². The molecule has 0 saturated carbocycles. The first kappa shape index (κ1) is 17.6. The van der Waals surface area contributed by atoms with Crippen molar-refractivity contribution in [2.45, 2.75) is 31.6 Å². The quantitative estimate of drug-likeness (QED) is 0.642. The fourth-order valence-electron chi connectivity index (χ4n) is 2.09. The third-order valence-electron chi connectivity index (χ3n) is 3.27. The molecule has 0 radical (unpaired) electrons. The summed E-state index contributed by atoms with van der Waals surface area (Å²) < 4.78 is 1.83. The average Bonchev–Trinajstić information content (AvgIpc) is 2.53. The number of carbonyl (C=O) groups excluding carboxylic acids is 1. The standard InChI is InChI=1S/C16H18ClN3O2S/c1-3-20-9-8-14(21)19-16(20)23-10-15(22)18-11(2)12-6-4-5-7-13(12)17/h4-9,11H,3,10H2,1-2H3,(H,18,22). The van der Waals surface area contributed by atoms with Crippen LogP contribution in [0.1, 0.15) is 25.5 Å². The first-order valence-corrected chi connectivity index (χ1v) is 8.61. The molecule has 0 fully saturated rings. The van der Waals surface area contributed by atoms with Crippen LogP contribution in [0.4, 0.5) is 0 Å². The summed E-state index contributed by atoms with van der Waals surface area (Å²) in [4.78, 5) is 27.4. The van der Waals surface area contributed by atoms with Crippen LogP contribution >= 0.6 is 23.4 Å². The lowest BCUT2D eigenvalue weighted by Crippen LogP contribution is -2.28. The fourth-order valence-corrected chi connectivity index (χ4v) is 3.24. The predicted octanol–water partition coefficient (Wildman–Crippen LogP) is 2.89. The Labute approximate surface area is 144 Å². The van der Waals surface area contributed by atoms with Gasteiger partial charge in [-0.2, -0.15) is 4.98 Å². The van der Waals surface area contributed by atoms with Crippen LogP contribution in [0.2, 0.25) is 5.02 Å². The number of halogens is 1. The minimum Gasteiger partial charge on any atom is -0.349 e. The molecule has 1 aromatic carbocycles. The predicted molar refractivity (Wildman–Crippen MR) is 92.9 cm³/mol. The molecular weight excluding hydrogens is 334 g/mol. The van der Waals surface area contributed by atoms with Crippen molar-refractivity contribution < 1.29 is 4.79 Å². The van der Waals surface area contributed by atoms with E-state index in [1.54, 1.807) is 12.3 Å². The van der Waals surface area contributed by atoms with E-state index in [-0.39, 0.29) is 23.3 Å². The van der Waals surface area contributed by atoms with Gasteiger partial charge in [-0.15, -0.1) is 0 Å². The topological polar surface area (TPSA) is 64.0 Å². The number of nitrogens with zero attached hydrogens (tertiary/aromatic N) is 2. The lowest BCUT2D eigenvalue weighted by molar-refractivity contribution is -0.119. The molecule has 1 atom stereocenters. The van der Waals surface area contributed by atoms with Crippen LogP contribution in [0, 0.1) is 0 Å². The molecule has 122 valence electrons. The van der Waals surface area contributed by atoms with Gasteiger partial charge in [-0.1, -0.05) is 41.6 Å². The average molecular weight is 352 g/mol. The van der Waals surface area contributed by atoms with E-state index in [9.17, 15) is 9.59 Å². The Morgan fingerprint density at radius 3 is 2.83 bits per heavy atom. The molecule has 0 aliphatic carbocycles. The van der Waals surface area contributed by atoms with Gasteiger partial charge in [0.2, 0.25) is 5.91 Å². The number of thioether (sulfide) groups is 1. The maximum atomic E-state index is 12.1. The number of nitrogens with one attached hydrogen (secondary N) is 1. The molecule has 1 amide bonds. The van der Waals surface area contributed by atoms with Gasteiger partial charge < -0.3 is 9.88 Å². The number of rotatable bonds is 6. The molecule has 1 aromatic heterocycles. The van der Waals surface area contributed by atoms with E-state index >= 15 is 0 Å². The number of hydrogen-bond donors (Lipinski definition) is 1. The van der Waals surface area contributed by atoms with E-state index in [0.29, 0.717) is 16.7 Å². The molecule has 5 nitrogen and oxygen atoms in total. The number of aryl methyl sites for hydroxylation is 1. The molecule has 1 N–H and O–H groups in total. The largest absolute Gasteiger partial charge is 0.349 e. The van der Waals surface area contributed by atoms with Crippen molar-refractivity contribution in [3.63, 3.8) is 0 Å². The molecule has 2 rings (SSSR count). The van der Waals surface area contributed by atoms with Gasteiger partial charge >= 0.3 is 0 Å². The Hall–Kier alpha value is -1.79. The Bertz CT molecular complexity index is 748. The molecular formula is C16H18ClN3O2S. The lowest BCUT2D eigenvalue weighted by atomic mass is 10.1. The van der Waals surface area contributed by atoms with Crippen LogP contribution in [0.3, 0.4) is 0 Å². The van der Waals surface area contributed by atoms with Crippen LogP contribution in [-0.2, 0) is 11.3 Å². The van der Waals surface area contributed by atoms with Crippen molar-refractivity contribution in [3.05, 3.63) is 57.5 Å². The number of benzene rings is 1. The van der Waals surface area contributed by atoms with Crippen molar-refractivity contribution in [1.29, 1.82) is 0 Å². The van der Waals surface area contributed by atoms with Gasteiger partial charge in [-0.3, -0.25) is 9.59 Å². The van der Waals surface area contributed by atoms with Crippen molar-refractivity contribution in [2.75, 3.05) is 5.75 Å². The lowest BCUT2D eigenvalue weighted by Gasteiger charge is -2.16. The molecule has 23 heavy (non-hydrogen) atoms. The maximum absolute atomic E-state index is 12.1. The summed E-state index contributed by atoms with van der Waals surface area (Å²) >= 11 is 7.37. The minimum atomic E-state index is -0.304. The van der Waals surface area contributed by atoms with Crippen LogP contribution in [0.15, 0.2) is 46.5 Å². The molecule has 1 unspecified atom stereocenters. The summed E-state index contributed by atoms with van der Waals surface area (Å²) in [5.74, 6) is 0.0498. The number of amides is 1. The third-order valence-corrected chi connectivity index (χ3v) is 4.61. The van der Waals surface area contributed by atoms with Crippen molar-refractivity contribution in [1.82, 2.24) is 14.9 Å². The molecule has 2 aromatic rings. The van der Waals surface area contributed by atoms with Crippen LogP contribution in [-0.4, -0.2) is 21.2 Å². The highest BCUT2D eigenvalue weighted by Crippen LogP contribution is 2.22. The molecule has 0 bridgehead atoms. The molecule has 0 spiro atoms. The number of hydrogen-bond acceptors (Lipinski definition) is 4. The Kier molecular flexibility index (Phi) is 6.24. The summed E-state index contributed by atoms with van der Waals surface area (Å²) in [5, 5.41) is 4.06.